The minimum Gasteiger partial charge on any atom is -0.292 e. The van der Waals surface area contributed by atoms with Crippen molar-refractivity contribution in [2.24, 2.45) is 5.92 Å². The number of likely N-dealkylation sites (N-methyl/N-ethyl adjacent to an activating group) is 1. The van der Waals surface area contributed by atoms with Crippen molar-refractivity contribution in [1.29, 1.82) is 0 Å². The number of hydrogen-bond acceptors (Lipinski definition) is 4. The molecule has 120 valence electrons. The maximum absolute atomic E-state index is 13.0. The molecule has 0 amide bonds. The molecule has 2 aliphatic heterocycles. The van der Waals surface area contributed by atoms with E-state index in [0.29, 0.717) is 11.4 Å². The predicted molar refractivity (Wildman–Crippen MR) is 82.6 cm³/mol. The van der Waals surface area contributed by atoms with Gasteiger partial charge in [-0.15, -0.1) is 0 Å². The zero-order valence-electron chi connectivity index (χ0n) is 13.2. The summed E-state index contributed by atoms with van der Waals surface area (Å²) < 4.78 is 27.7. The molecule has 0 N–H and O–H groups in total. The van der Waals surface area contributed by atoms with Crippen LogP contribution in [0.5, 0.6) is 0 Å². The van der Waals surface area contributed by atoms with Gasteiger partial charge in [-0.25, -0.2) is 8.42 Å². The number of nitrogens with zero attached hydrogens (tertiary/aromatic N) is 2. The summed E-state index contributed by atoms with van der Waals surface area (Å²) in [5, 5.41) is 1.90. The van der Waals surface area contributed by atoms with E-state index < -0.39 is 10.0 Å². The second-order valence-corrected chi connectivity index (χ2v) is 8.82. The Labute approximate surface area is 131 Å². The Hall–Kier alpha value is -0.950. The van der Waals surface area contributed by atoms with Crippen LogP contribution in [0.4, 0.5) is 0 Å². The van der Waals surface area contributed by atoms with Gasteiger partial charge in [-0.1, -0.05) is 17.7 Å². The summed E-state index contributed by atoms with van der Waals surface area (Å²) in [7, 11) is -1.51. The SMILES string of the molecule is Cc1ccc(S(=O)(=O)N2C[C@H]3[C@@H]([C@@H]2C)N(C)OC32CC2)cc1. The van der Waals surface area contributed by atoms with Gasteiger partial charge in [0.25, 0.3) is 0 Å². The molecule has 1 saturated carbocycles. The first-order valence-corrected chi connectivity index (χ1v) is 9.30. The highest BCUT2D eigenvalue weighted by Crippen LogP contribution is 2.57. The third-order valence-corrected chi connectivity index (χ3v) is 7.50. The van der Waals surface area contributed by atoms with Gasteiger partial charge in [0.05, 0.1) is 16.5 Å². The van der Waals surface area contributed by atoms with Gasteiger partial charge in [0.2, 0.25) is 10.0 Å². The van der Waals surface area contributed by atoms with Crippen LogP contribution in [-0.2, 0) is 14.9 Å². The van der Waals surface area contributed by atoms with E-state index in [1.807, 2.05) is 38.1 Å². The smallest absolute Gasteiger partial charge is 0.243 e. The summed E-state index contributed by atoms with van der Waals surface area (Å²) in [6.45, 7) is 4.52. The van der Waals surface area contributed by atoms with Crippen LogP contribution >= 0.6 is 0 Å². The largest absolute Gasteiger partial charge is 0.292 e. The van der Waals surface area contributed by atoms with E-state index in [9.17, 15) is 8.42 Å². The van der Waals surface area contributed by atoms with Crippen LogP contribution in [0.15, 0.2) is 29.2 Å². The number of hydroxylamine groups is 2. The van der Waals surface area contributed by atoms with Crippen molar-refractivity contribution in [2.75, 3.05) is 13.6 Å². The molecule has 3 aliphatic rings. The molecule has 3 fully saturated rings. The molecule has 22 heavy (non-hydrogen) atoms. The molecular formula is C16H22N2O3S. The second kappa shape index (κ2) is 4.54. The Bertz CT molecular complexity index is 697. The zero-order valence-corrected chi connectivity index (χ0v) is 14.0. The molecule has 2 heterocycles. The first-order chi connectivity index (χ1) is 10.3. The molecule has 1 spiro atoms. The molecule has 5 nitrogen and oxygen atoms in total. The summed E-state index contributed by atoms with van der Waals surface area (Å²) in [6, 6.07) is 7.21. The van der Waals surface area contributed by atoms with E-state index in [4.69, 9.17) is 4.84 Å². The number of sulfonamides is 1. The maximum atomic E-state index is 13.0. The van der Waals surface area contributed by atoms with Gasteiger partial charge in [-0.2, -0.15) is 9.37 Å². The number of aryl methyl sites for hydroxylation is 1. The average Bonchev–Trinajstić information content (AvgIpc) is 3.05. The third kappa shape index (κ3) is 1.91. The molecule has 2 saturated heterocycles. The van der Waals surface area contributed by atoms with Gasteiger partial charge in [0.1, 0.15) is 0 Å². The summed E-state index contributed by atoms with van der Waals surface area (Å²) in [6.07, 6.45) is 2.09. The van der Waals surface area contributed by atoms with Crippen molar-refractivity contribution in [1.82, 2.24) is 9.37 Å². The lowest BCUT2D eigenvalue weighted by molar-refractivity contribution is -0.162. The minimum atomic E-state index is -3.44. The third-order valence-electron chi connectivity index (χ3n) is 5.53. The molecule has 0 bridgehead atoms. The number of rotatable bonds is 2. The normalized spacial score (nSPS) is 34.2. The lowest BCUT2D eigenvalue weighted by Crippen LogP contribution is -2.42. The Morgan fingerprint density at radius 2 is 1.86 bits per heavy atom. The van der Waals surface area contributed by atoms with Crippen molar-refractivity contribution in [3.05, 3.63) is 29.8 Å². The zero-order chi connectivity index (χ0) is 15.7. The van der Waals surface area contributed by atoms with Gasteiger partial charge < -0.3 is 0 Å². The summed E-state index contributed by atoms with van der Waals surface area (Å²) in [5.74, 6) is 0.285. The van der Waals surface area contributed by atoms with Crippen molar-refractivity contribution in [2.45, 2.75) is 49.3 Å². The molecule has 1 aromatic carbocycles. The van der Waals surface area contributed by atoms with E-state index in [1.54, 1.807) is 16.4 Å². The fourth-order valence-electron chi connectivity index (χ4n) is 4.17. The van der Waals surface area contributed by atoms with Gasteiger partial charge in [-0.3, -0.25) is 4.84 Å². The lowest BCUT2D eigenvalue weighted by Gasteiger charge is -2.27. The quantitative estimate of drug-likeness (QED) is 0.833. The van der Waals surface area contributed by atoms with Crippen LogP contribution in [0.1, 0.15) is 25.3 Å². The van der Waals surface area contributed by atoms with Gasteiger partial charge in [-0.05, 0) is 38.8 Å². The first kappa shape index (κ1) is 14.6. The lowest BCUT2D eigenvalue weighted by atomic mass is 9.93. The molecule has 0 unspecified atom stereocenters. The number of fused-ring (bicyclic) bond motifs is 2. The molecule has 1 aliphatic carbocycles. The molecule has 4 rings (SSSR count). The van der Waals surface area contributed by atoms with Crippen molar-refractivity contribution >= 4 is 10.0 Å². The van der Waals surface area contributed by atoms with Gasteiger partial charge >= 0.3 is 0 Å². The average molecular weight is 322 g/mol. The molecule has 0 aromatic heterocycles. The standard InChI is InChI=1S/C16H22N2O3S/c1-11-4-6-13(7-5-11)22(19,20)18-10-14-15(12(18)2)17(3)21-16(14)8-9-16/h4-7,12,14-15H,8-10H2,1-3H3/t12-,14-,15+/m0/s1. The van der Waals surface area contributed by atoms with Crippen LogP contribution < -0.4 is 0 Å². The topological polar surface area (TPSA) is 49.9 Å². The van der Waals surface area contributed by atoms with Gasteiger partial charge in [0.15, 0.2) is 0 Å². The Kier molecular flexibility index (Phi) is 3.02. The second-order valence-electron chi connectivity index (χ2n) is 6.93. The molecule has 0 radical (unpaired) electrons. The van der Waals surface area contributed by atoms with E-state index in [0.717, 1.165) is 18.4 Å². The summed E-state index contributed by atoms with van der Waals surface area (Å²) in [4.78, 5) is 6.38. The van der Waals surface area contributed by atoms with Crippen molar-refractivity contribution in [3.8, 4) is 0 Å². The number of benzene rings is 1. The van der Waals surface area contributed by atoms with E-state index in [-0.39, 0.29) is 23.6 Å². The Balaban J connectivity index is 1.67. The fourth-order valence-corrected chi connectivity index (χ4v) is 5.84. The van der Waals surface area contributed by atoms with Crippen LogP contribution in [0.3, 0.4) is 0 Å². The fraction of sp³-hybridized carbons (Fsp3) is 0.625. The van der Waals surface area contributed by atoms with Crippen LogP contribution in [0.2, 0.25) is 0 Å². The van der Waals surface area contributed by atoms with E-state index >= 15 is 0 Å². The van der Waals surface area contributed by atoms with E-state index in [1.165, 1.54) is 0 Å². The minimum absolute atomic E-state index is 0.0683. The molecule has 3 atom stereocenters. The van der Waals surface area contributed by atoms with Crippen molar-refractivity contribution < 1.29 is 13.3 Å². The first-order valence-electron chi connectivity index (χ1n) is 7.86. The van der Waals surface area contributed by atoms with Crippen LogP contribution in [0.25, 0.3) is 0 Å². The highest BCUT2D eigenvalue weighted by atomic mass is 32.2. The summed E-state index contributed by atoms with van der Waals surface area (Å²) >= 11 is 0. The molecular weight excluding hydrogens is 300 g/mol. The maximum Gasteiger partial charge on any atom is 0.243 e. The summed E-state index contributed by atoms with van der Waals surface area (Å²) in [5.41, 5.74) is 0.973. The Morgan fingerprint density at radius 1 is 1.23 bits per heavy atom. The van der Waals surface area contributed by atoms with E-state index in [2.05, 4.69) is 0 Å². The highest BCUT2D eigenvalue weighted by Gasteiger charge is 2.66. The van der Waals surface area contributed by atoms with Crippen LogP contribution in [-0.4, -0.2) is 49.1 Å². The molecule has 6 heteroatoms. The monoisotopic (exact) mass is 322 g/mol. The Morgan fingerprint density at radius 3 is 2.45 bits per heavy atom. The van der Waals surface area contributed by atoms with Gasteiger partial charge in [0, 0.05) is 25.6 Å². The predicted octanol–water partition coefficient (Wildman–Crippen LogP) is 1.78. The van der Waals surface area contributed by atoms with Crippen LogP contribution in [0, 0.1) is 12.8 Å². The number of hydrogen-bond donors (Lipinski definition) is 0. The highest BCUT2D eigenvalue weighted by molar-refractivity contribution is 7.89. The molecule has 1 aromatic rings. The van der Waals surface area contributed by atoms with Crippen molar-refractivity contribution in [3.63, 3.8) is 0 Å².